The van der Waals surface area contributed by atoms with E-state index in [0.717, 1.165) is 54.9 Å². The van der Waals surface area contributed by atoms with Gasteiger partial charge in [0, 0.05) is 32.0 Å². The topological polar surface area (TPSA) is 3.24 Å². The van der Waals surface area contributed by atoms with Crippen molar-refractivity contribution in [3.63, 3.8) is 0 Å². The van der Waals surface area contributed by atoms with E-state index in [1.165, 1.54) is 5.56 Å². The lowest BCUT2D eigenvalue weighted by atomic mass is 9.82. The van der Waals surface area contributed by atoms with Crippen molar-refractivity contribution in [3.05, 3.63) is 161 Å². The van der Waals surface area contributed by atoms with Crippen LogP contribution in [0.5, 0.6) is 0 Å². The van der Waals surface area contributed by atoms with Gasteiger partial charge in [0.05, 0.1) is 5.69 Å². The summed E-state index contributed by atoms with van der Waals surface area (Å²) in [5.41, 5.74) is 11.3. The molecular weight excluding hydrogens is 610 g/mol. The molecule has 0 unspecified atom stereocenters. The Kier molecular flexibility index (Phi) is 8.25. The van der Waals surface area contributed by atoms with E-state index in [-0.39, 0.29) is 5.41 Å². The summed E-state index contributed by atoms with van der Waals surface area (Å²) in [4.78, 5) is 2.36. The maximum Gasteiger partial charge on any atom is 0.0618 e. The number of anilines is 3. The molecule has 212 valence electrons. The Morgan fingerprint density at radius 2 is 1.05 bits per heavy atom. The van der Waals surface area contributed by atoms with E-state index in [1.807, 2.05) is 18.2 Å². The lowest BCUT2D eigenvalue weighted by Gasteiger charge is -2.33. The van der Waals surface area contributed by atoms with Gasteiger partial charge >= 0.3 is 0 Å². The van der Waals surface area contributed by atoms with Gasteiger partial charge in [-0.05, 0) is 81.8 Å². The molecular formula is C40H33BrClN. The summed E-state index contributed by atoms with van der Waals surface area (Å²) in [6.45, 7) is 6.84. The third-order valence-electron chi connectivity index (χ3n) is 7.68. The van der Waals surface area contributed by atoms with Gasteiger partial charge in [-0.3, -0.25) is 0 Å². The van der Waals surface area contributed by atoms with E-state index in [2.05, 4.69) is 169 Å². The predicted molar refractivity (Wildman–Crippen MR) is 189 cm³/mol. The summed E-state index contributed by atoms with van der Waals surface area (Å²) in [7, 11) is 0. The molecule has 0 spiro atoms. The highest BCUT2D eigenvalue weighted by Gasteiger charge is 2.26. The van der Waals surface area contributed by atoms with Crippen molar-refractivity contribution >= 4 is 44.6 Å². The van der Waals surface area contributed by atoms with Gasteiger partial charge in [0.1, 0.15) is 0 Å². The van der Waals surface area contributed by atoms with Crippen LogP contribution >= 0.6 is 27.5 Å². The molecule has 0 fully saturated rings. The summed E-state index contributed by atoms with van der Waals surface area (Å²) in [5.74, 6) is 0. The Morgan fingerprint density at radius 3 is 1.56 bits per heavy atom. The molecule has 0 radical (unpaired) electrons. The number of hydrogen-bond donors (Lipinski definition) is 0. The molecule has 6 aromatic carbocycles. The quantitative estimate of drug-likeness (QED) is 0.175. The minimum Gasteiger partial charge on any atom is -0.309 e. The Balaban J connectivity index is 1.74. The lowest BCUT2D eigenvalue weighted by molar-refractivity contribution is 0.591. The van der Waals surface area contributed by atoms with Crippen molar-refractivity contribution in [3.8, 4) is 33.4 Å². The zero-order valence-electron chi connectivity index (χ0n) is 24.6. The molecule has 0 amide bonds. The van der Waals surface area contributed by atoms with Crippen molar-refractivity contribution in [2.45, 2.75) is 26.2 Å². The first-order valence-corrected chi connectivity index (χ1v) is 15.7. The van der Waals surface area contributed by atoms with Crippen molar-refractivity contribution in [1.29, 1.82) is 0 Å². The summed E-state index contributed by atoms with van der Waals surface area (Å²) in [6.07, 6.45) is 0. The van der Waals surface area contributed by atoms with Crippen molar-refractivity contribution in [2.75, 3.05) is 4.90 Å². The molecule has 43 heavy (non-hydrogen) atoms. The standard InChI is InChI=1S/C40H33BrClN/c1-40(2,3)32-24-37(29-16-9-5-10-17-29)39(38(25-32)30-18-11-6-12-19-30)43(35-21-13-20-34(42)27-35)36-23-31(22-33(41)26-36)28-14-7-4-8-15-28/h4-27H,1-3H3. The molecule has 0 aliphatic carbocycles. The molecule has 6 aromatic rings. The number of halogens is 2. The number of rotatable bonds is 6. The van der Waals surface area contributed by atoms with Crippen LogP contribution < -0.4 is 4.90 Å². The fraction of sp³-hybridized carbons (Fsp3) is 0.100. The molecule has 0 saturated heterocycles. The molecule has 0 atom stereocenters. The predicted octanol–water partition coefficient (Wildman–Crippen LogP) is 12.9. The van der Waals surface area contributed by atoms with E-state index in [0.29, 0.717) is 5.02 Å². The molecule has 6 rings (SSSR count). The zero-order valence-corrected chi connectivity index (χ0v) is 26.9. The molecule has 0 heterocycles. The molecule has 0 aliphatic rings. The second-order valence-corrected chi connectivity index (χ2v) is 13.1. The molecule has 1 nitrogen and oxygen atoms in total. The van der Waals surface area contributed by atoms with Crippen LogP contribution in [0, 0.1) is 0 Å². The van der Waals surface area contributed by atoms with Gasteiger partial charge in [-0.25, -0.2) is 0 Å². The summed E-state index contributed by atoms with van der Waals surface area (Å²) >= 11 is 10.5. The van der Waals surface area contributed by atoms with E-state index in [4.69, 9.17) is 11.6 Å². The van der Waals surface area contributed by atoms with Gasteiger partial charge in [-0.15, -0.1) is 0 Å². The Hall–Kier alpha value is -4.11. The fourth-order valence-electron chi connectivity index (χ4n) is 5.51. The molecule has 0 bridgehead atoms. The Labute approximate surface area is 268 Å². The first-order chi connectivity index (χ1) is 20.8. The van der Waals surface area contributed by atoms with Crippen LogP contribution in [0.3, 0.4) is 0 Å². The van der Waals surface area contributed by atoms with Gasteiger partial charge in [-0.2, -0.15) is 0 Å². The second-order valence-electron chi connectivity index (χ2n) is 11.8. The van der Waals surface area contributed by atoms with Crippen LogP contribution in [-0.2, 0) is 5.41 Å². The normalized spacial score (nSPS) is 11.4. The third-order valence-corrected chi connectivity index (χ3v) is 8.38. The fourth-order valence-corrected chi connectivity index (χ4v) is 6.17. The lowest BCUT2D eigenvalue weighted by Crippen LogP contribution is -2.16. The summed E-state index contributed by atoms with van der Waals surface area (Å²) in [5, 5.41) is 0.689. The van der Waals surface area contributed by atoms with Gasteiger partial charge in [-0.1, -0.05) is 145 Å². The number of hydrogen-bond acceptors (Lipinski definition) is 1. The van der Waals surface area contributed by atoms with Crippen molar-refractivity contribution in [1.82, 2.24) is 0 Å². The van der Waals surface area contributed by atoms with Crippen LogP contribution in [0.2, 0.25) is 5.02 Å². The summed E-state index contributed by atoms with van der Waals surface area (Å²) in [6, 6.07) is 51.4. The molecule has 0 aromatic heterocycles. The molecule has 0 aliphatic heterocycles. The highest BCUT2D eigenvalue weighted by atomic mass is 79.9. The highest BCUT2D eigenvalue weighted by Crippen LogP contribution is 2.49. The van der Waals surface area contributed by atoms with Crippen LogP contribution in [0.4, 0.5) is 17.1 Å². The summed E-state index contributed by atoms with van der Waals surface area (Å²) < 4.78 is 1.00. The van der Waals surface area contributed by atoms with Crippen LogP contribution in [-0.4, -0.2) is 0 Å². The number of nitrogens with zero attached hydrogens (tertiary/aromatic N) is 1. The zero-order chi connectivity index (χ0) is 30.0. The van der Waals surface area contributed by atoms with Crippen molar-refractivity contribution in [2.24, 2.45) is 0 Å². The molecule has 3 heteroatoms. The van der Waals surface area contributed by atoms with Crippen LogP contribution in [0.25, 0.3) is 33.4 Å². The monoisotopic (exact) mass is 641 g/mol. The SMILES string of the molecule is CC(C)(C)c1cc(-c2ccccc2)c(N(c2cccc(Cl)c2)c2cc(Br)cc(-c3ccccc3)c2)c(-c2ccccc2)c1. The van der Waals surface area contributed by atoms with E-state index in [9.17, 15) is 0 Å². The first kappa shape index (κ1) is 29.0. The second kappa shape index (κ2) is 12.2. The smallest absolute Gasteiger partial charge is 0.0618 e. The first-order valence-electron chi connectivity index (χ1n) is 14.5. The van der Waals surface area contributed by atoms with Crippen molar-refractivity contribution < 1.29 is 0 Å². The van der Waals surface area contributed by atoms with Crippen LogP contribution in [0.1, 0.15) is 26.3 Å². The third kappa shape index (κ3) is 6.32. The maximum absolute atomic E-state index is 6.69. The largest absolute Gasteiger partial charge is 0.309 e. The molecule has 0 saturated carbocycles. The minimum absolute atomic E-state index is 0.0528. The average Bonchev–Trinajstić information content (AvgIpc) is 3.02. The highest BCUT2D eigenvalue weighted by molar-refractivity contribution is 9.10. The minimum atomic E-state index is -0.0528. The van der Waals surface area contributed by atoms with Gasteiger partial charge in [0.2, 0.25) is 0 Å². The van der Waals surface area contributed by atoms with Gasteiger partial charge in [0.15, 0.2) is 0 Å². The Morgan fingerprint density at radius 1 is 0.512 bits per heavy atom. The maximum atomic E-state index is 6.69. The Bertz CT molecular complexity index is 1800. The van der Waals surface area contributed by atoms with Gasteiger partial charge in [0.25, 0.3) is 0 Å². The van der Waals surface area contributed by atoms with Gasteiger partial charge < -0.3 is 4.90 Å². The van der Waals surface area contributed by atoms with E-state index >= 15 is 0 Å². The van der Waals surface area contributed by atoms with E-state index in [1.54, 1.807) is 0 Å². The average molecular weight is 643 g/mol. The van der Waals surface area contributed by atoms with Crippen LogP contribution in [0.15, 0.2) is 150 Å². The number of benzene rings is 6. The molecule has 0 N–H and O–H groups in total. The van der Waals surface area contributed by atoms with E-state index < -0.39 is 0 Å².